The smallest absolute Gasteiger partial charge is 0.0312 e. The third-order valence-corrected chi connectivity index (χ3v) is 5.48. The van der Waals surface area contributed by atoms with Gasteiger partial charge in [0.1, 0.15) is 0 Å². The van der Waals surface area contributed by atoms with Crippen molar-refractivity contribution in [2.24, 2.45) is 0 Å². The maximum absolute atomic E-state index is 4.30. The Balaban J connectivity index is 1.74. The minimum Gasteiger partial charge on any atom is -0.299 e. The van der Waals surface area contributed by atoms with Crippen LogP contribution in [0, 0.1) is 13.8 Å². The Hall–Kier alpha value is -1.71. The average Bonchev–Trinajstić information content (AvgIpc) is 3.06. The van der Waals surface area contributed by atoms with E-state index in [9.17, 15) is 0 Å². The largest absolute Gasteiger partial charge is 0.299 e. The van der Waals surface area contributed by atoms with Gasteiger partial charge in [-0.15, -0.1) is 0 Å². The van der Waals surface area contributed by atoms with Crippen LogP contribution in [0.3, 0.4) is 0 Å². The lowest BCUT2D eigenvalue weighted by molar-refractivity contribution is 0.166. The van der Waals surface area contributed by atoms with Crippen LogP contribution in [-0.4, -0.2) is 40.5 Å². The summed E-state index contributed by atoms with van der Waals surface area (Å²) in [5.41, 5.74) is 5.46. The molecule has 0 radical (unpaired) electrons. The summed E-state index contributed by atoms with van der Waals surface area (Å²) in [6.07, 6.45) is 6.51. The lowest BCUT2D eigenvalue weighted by atomic mass is 10.1. The van der Waals surface area contributed by atoms with Crippen LogP contribution in [0.4, 0.5) is 0 Å². The molecule has 25 heavy (non-hydrogen) atoms. The predicted octanol–water partition coefficient (Wildman–Crippen LogP) is 4.18. The molecule has 2 aromatic rings. The first-order chi connectivity index (χ1) is 12.2. The first kappa shape index (κ1) is 18.1. The number of benzene rings is 1. The number of hydrogen-bond donors (Lipinski definition) is 0. The summed E-state index contributed by atoms with van der Waals surface area (Å²) in [7, 11) is 0. The van der Waals surface area contributed by atoms with Gasteiger partial charge in [-0.1, -0.05) is 31.2 Å². The molecule has 0 saturated carbocycles. The molecule has 3 heteroatoms. The van der Waals surface area contributed by atoms with Crippen LogP contribution < -0.4 is 0 Å². The summed E-state index contributed by atoms with van der Waals surface area (Å²) in [5, 5.41) is 0. The van der Waals surface area contributed by atoms with E-state index in [1.54, 1.807) is 0 Å². The molecule has 2 heterocycles. The molecule has 0 N–H and O–H groups in total. The molecule has 1 aromatic carbocycles. The molecular weight excluding hydrogens is 306 g/mol. The van der Waals surface area contributed by atoms with Gasteiger partial charge in [0.15, 0.2) is 0 Å². The molecule has 0 spiro atoms. The normalized spacial score (nSPS) is 18.2. The van der Waals surface area contributed by atoms with E-state index in [1.807, 2.05) is 18.5 Å². The van der Waals surface area contributed by atoms with Gasteiger partial charge < -0.3 is 0 Å². The quantitative estimate of drug-likeness (QED) is 0.755. The van der Waals surface area contributed by atoms with E-state index in [1.165, 1.54) is 41.6 Å². The average molecular weight is 338 g/mol. The number of likely N-dealkylation sites (N-methyl/N-ethyl adjacent to an activating group) is 1. The fraction of sp³-hybridized carbons (Fsp3) is 0.500. The summed E-state index contributed by atoms with van der Waals surface area (Å²) in [5.74, 6) is 0. The molecular formula is C22H31N3. The summed E-state index contributed by atoms with van der Waals surface area (Å²) in [6.45, 7) is 12.2. The van der Waals surface area contributed by atoms with E-state index in [0.717, 1.165) is 26.2 Å². The molecule has 0 aliphatic carbocycles. The van der Waals surface area contributed by atoms with Crippen molar-refractivity contribution in [1.82, 2.24) is 14.8 Å². The van der Waals surface area contributed by atoms with Gasteiger partial charge >= 0.3 is 0 Å². The number of rotatable bonds is 7. The molecule has 1 aliphatic heterocycles. The van der Waals surface area contributed by atoms with Gasteiger partial charge in [-0.25, -0.2) is 0 Å². The second kappa shape index (κ2) is 8.59. The Morgan fingerprint density at radius 3 is 2.68 bits per heavy atom. The van der Waals surface area contributed by atoms with E-state index in [0.29, 0.717) is 6.04 Å². The van der Waals surface area contributed by atoms with Crippen molar-refractivity contribution in [3.8, 4) is 0 Å². The van der Waals surface area contributed by atoms with Crippen molar-refractivity contribution in [3.63, 3.8) is 0 Å². The first-order valence-corrected chi connectivity index (χ1v) is 9.57. The minimum atomic E-state index is 0.688. The van der Waals surface area contributed by atoms with E-state index in [4.69, 9.17) is 0 Å². The highest BCUT2D eigenvalue weighted by molar-refractivity contribution is 5.30. The summed E-state index contributed by atoms with van der Waals surface area (Å²) < 4.78 is 0. The zero-order valence-electron chi connectivity index (χ0n) is 15.9. The van der Waals surface area contributed by atoms with Gasteiger partial charge in [0.05, 0.1) is 0 Å². The molecule has 1 aromatic heterocycles. The van der Waals surface area contributed by atoms with E-state index < -0.39 is 0 Å². The van der Waals surface area contributed by atoms with Crippen LogP contribution in [0.2, 0.25) is 0 Å². The van der Waals surface area contributed by atoms with Crippen LogP contribution in [-0.2, 0) is 13.1 Å². The molecule has 1 fully saturated rings. The zero-order valence-corrected chi connectivity index (χ0v) is 15.9. The standard InChI is InChI=1S/C22H31N3/c1-4-25-12-6-8-22(25)17-24(16-21-7-5-11-23-14-21)15-20-10-9-18(2)19(3)13-20/h5,7,9-11,13-14,22H,4,6,8,12,15-17H2,1-3H3. The lowest BCUT2D eigenvalue weighted by Gasteiger charge is -2.30. The Morgan fingerprint density at radius 1 is 1.12 bits per heavy atom. The highest BCUT2D eigenvalue weighted by Crippen LogP contribution is 2.20. The first-order valence-electron chi connectivity index (χ1n) is 9.57. The maximum atomic E-state index is 4.30. The van der Waals surface area contributed by atoms with Crippen molar-refractivity contribution >= 4 is 0 Å². The van der Waals surface area contributed by atoms with Gasteiger partial charge in [0, 0.05) is 38.1 Å². The van der Waals surface area contributed by atoms with Crippen molar-refractivity contribution in [2.75, 3.05) is 19.6 Å². The van der Waals surface area contributed by atoms with Crippen molar-refractivity contribution in [3.05, 3.63) is 65.0 Å². The molecule has 1 unspecified atom stereocenters. The van der Waals surface area contributed by atoms with Gasteiger partial charge in [0.2, 0.25) is 0 Å². The Morgan fingerprint density at radius 2 is 1.96 bits per heavy atom. The number of likely N-dealkylation sites (tertiary alicyclic amines) is 1. The SMILES string of the molecule is CCN1CCCC1CN(Cc1cccnc1)Cc1ccc(C)c(C)c1. The number of aryl methyl sites for hydroxylation is 2. The summed E-state index contributed by atoms with van der Waals surface area (Å²) in [4.78, 5) is 9.53. The van der Waals surface area contributed by atoms with Crippen molar-refractivity contribution in [2.45, 2.75) is 52.7 Å². The summed E-state index contributed by atoms with van der Waals surface area (Å²) >= 11 is 0. The van der Waals surface area contributed by atoms with Crippen molar-refractivity contribution < 1.29 is 0 Å². The molecule has 3 rings (SSSR count). The third kappa shape index (κ3) is 4.90. The Bertz CT molecular complexity index is 668. The fourth-order valence-corrected chi connectivity index (χ4v) is 3.91. The number of nitrogens with zero attached hydrogens (tertiary/aromatic N) is 3. The number of pyridine rings is 1. The zero-order chi connectivity index (χ0) is 17.6. The fourth-order valence-electron chi connectivity index (χ4n) is 3.91. The topological polar surface area (TPSA) is 19.4 Å². The molecule has 1 saturated heterocycles. The third-order valence-electron chi connectivity index (χ3n) is 5.48. The second-order valence-electron chi connectivity index (χ2n) is 7.37. The molecule has 0 amide bonds. The van der Waals surface area contributed by atoms with E-state index >= 15 is 0 Å². The minimum absolute atomic E-state index is 0.688. The highest BCUT2D eigenvalue weighted by Gasteiger charge is 2.25. The van der Waals surface area contributed by atoms with Crippen LogP contribution in [0.1, 0.15) is 42.0 Å². The van der Waals surface area contributed by atoms with Crippen LogP contribution in [0.25, 0.3) is 0 Å². The lowest BCUT2D eigenvalue weighted by Crippen LogP contribution is -2.39. The number of hydrogen-bond acceptors (Lipinski definition) is 3. The Kier molecular flexibility index (Phi) is 6.22. The monoisotopic (exact) mass is 337 g/mol. The molecule has 134 valence electrons. The summed E-state index contributed by atoms with van der Waals surface area (Å²) in [6, 6.07) is 11.8. The Labute approximate surface area is 152 Å². The molecule has 3 nitrogen and oxygen atoms in total. The predicted molar refractivity (Wildman–Crippen MR) is 105 cm³/mol. The number of aromatic nitrogens is 1. The van der Waals surface area contributed by atoms with Gasteiger partial charge in [0.25, 0.3) is 0 Å². The second-order valence-corrected chi connectivity index (χ2v) is 7.37. The van der Waals surface area contributed by atoms with E-state index in [-0.39, 0.29) is 0 Å². The molecule has 1 aliphatic rings. The van der Waals surface area contributed by atoms with Gasteiger partial charge in [-0.05, 0) is 68.1 Å². The van der Waals surface area contributed by atoms with Crippen LogP contribution in [0.15, 0.2) is 42.7 Å². The van der Waals surface area contributed by atoms with Gasteiger partial charge in [-0.3, -0.25) is 14.8 Å². The molecule has 1 atom stereocenters. The highest BCUT2D eigenvalue weighted by atomic mass is 15.2. The van der Waals surface area contributed by atoms with Gasteiger partial charge in [-0.2, -0.15) is 0 Å². The van der Waals surface area contributed by atoms with Crippen LogP contribution >= 0.6 is 0 Å². The van der Waals surface area contributed by atoms with Crippen LogP contribution in [0.5, 0.6) is 0 Å². The maximum Gasteiger partial charge on any atom is 0.0312 e. The van der Waals surface area contributed by atoms with E-state index in [2.05, 4.69) is 59.8 Å². The van der Waals surface area contributed by atoms with Crippen molar-refractivity contribution in [1.29, 1.82) is 0 Å². The molecule has 0 bridgehead atoms.